The summed E-state index contributed by atoms with van der Waals surface area (Å²) in [5, 5.41) is 12.3. The fraction of sp³-hybridized carbons (Fsp3) is 0.586. The van der Waals surface area contributed by atoms with Crippen molar-refractivity contribution >= 4 is 18.7 Å². The van der Waals surface area contributed by atoms with Gasteiger partial charge in [-0.2, -0.15) is 0 Å². The molecule has 1 N–H and O–H groups in total. The van der Waals surface area contributed by atoms with Crippen LogP contribution in [0.3, 0.4) is 0 Å². The Morgan fingerprint density at radius 1 is 0.971 bits per heavy atom. The van der Waals surface area contributed by atoms with Gasteiger partial charge in [-0.15, -0.1) is 0 Å². The van der Waals surface area contributed by atoms with Crippen LogP contribution in [-0.4, -0.2) is 44.1 Å². The lowest BCUT2D eigenvalue weighted by Crippen LogP contribution is -2.68. The molecule has 0 aliphatic carbocycles. The molecule has 4 rings (SSSR count). The van der Waals surface area contributed by atoms with Crippen molar-refractivity contribution in [1.29, 1.82) is 0 Å². The van der Waals surface area contributed by atoms with Crippen LogP contribution in [0.4, 0.5) is 0 Å². The largest absolute Gasteiger partial charge is 0.404 e. The molecule has 0 saturated carbocycles. The van der Waals surface area contributed by atoms with E-state index in [1.165, 1.54) is 10.4 Å². The first kappa shape index (κ1) is 25.6. The maximum atomic E-state index is 9.75. The molecule has 34 heavy (non-hydrogen) atoms. The number of aliphatic hydroxyl groups is 1. The minimum atomic E-state index is -2.67. The lowest BCUT2D eigenvalue weighted by Gasteiger charge is -2.52. The van der Waals surface area contributed by atoms with Crippen LogP contribution in [0.5, 0.6) is 0 Å². The van der Waals surface area contributed by atoms with Crippen molar-refractivity contribution < 1.29 is 19.0 Å². The third kappa shape index (κ3) is 5.05. The predicted octanol–water partition coefficient (Wildman–Crippen LogP) is 5.02. The van der Waals surface area contributed by atoms with Crippen molar-refractivity contribution in [2.75, 3.05) is 6.61 Å². The molecule has 0 aromatic heterocycles. The molecule has 0 unspecified atom stereocenters. The average molecular weight is 483 g/mol. The van der Waals surface area contributed by atoms with Crippen molar-refractivity contribution in [3.63, 3.8) is 0 Å². The average Bonchev–Trinajstić information content (AvgIpc) is 2.81. The van der Waals surface area contributed by atoms with Crippen molar-refractivity contribution in [1.82, 2.24) is 0 Å². The first-order valence-corrected chi connectivity index (χ1v) is 14.9. The molecule has 2 heterocycles. The van der Waals surface area contributed by atoms with Crippen molar-refractivity contribution in [3.05, 3.63) is 60.7 Å². The highest BCUT2D eigenvalue weighted by Crippen LogP contribution is 2.45. The molecule has 2 aromatic carbocycles. The van der Waals surface area contributed by atoms with Gasteiger partial charge in [0.25, 0.3) is 8.32 Å². The molecule has 2 saturated heterocycles. The van der Waals surface area contributed by atoms with E-state index in [1.807, 2.05) is 0 Å². The molecule has 2 aliphatic rings. The molecule has 2 aliphatic heterocycles. The van der Waals surface area contributed by atoms with Crippen LogP contribution in [0.15, 0.2) is 60.7 Å². The molecule has 0 bridgehead atoms. The van der Waals surface area contributed by atoms with Gasteiger partial charge in [0.1, 0.15) is 0 Å². The van der Waals surface area contributed by atoms with Gasteiger partial charge in [0.05, 0.1) is 18.3 Å². The van der Waals surface area contributed by atoms with Gasteiger partial charge in [0.2, 0.25) is 0 Å². The van der Waals surface area contributed by atoms with E-state index >= 15 is 0 Å². The summed E-state index contributed by atoms with van der Waals surface area (Å²) in [5.41, 5.74) is 0. The van der Waals surface area contributed by atoms with Crippen molar-refractivity contribution in [2.45, 2.75) is 95.9 Å². The van der Waals surface area contributed by atoms with Gasteiger partial charge in [-0.3, -0.25) is 0 Å². The fourth-order valence-corrected chi connectivity index (χ4v) is 10.6. The maximum Gasteiger partial charge on any atom is 0.261 e. The quantitative estimate of drug-likeness (QED) is 0.587. The van der Waals surface area contributed by atoms with Crippen LogP contribution in [-0.2, 0) is 13.9 Å². The summed E-state index contributed by atoms with van der Waals surface area (Å²) in [4.78, 5) is 0. The number of ether oxygens (including phenoxy) is 2. The Morgan fingerprint density at radius 3 is 2.06 bits per heavy atom. The maximum absolute atomic E-state index is 9.75. The molecule has 5 atom stereocenters. The molecule has 0 radical (unpaired) electrons. The Balaban J connectivity index is 1.76. The van der Waals surface area contributed by atoms with E-state index in [9.17, 15) is 5.11 Å². The second-order valence-electron chi connectivity index (χ2n) is 11.3. The summed E-state index contributed by atoms with van der Waals surface area (Å²) < 4.78 is 20.6. The van der Waals surface area contributed by atoms with E-state index in [0.29, 0.717) is 12.3 Å². The zero-order valence-electron chi connectivity index (χ0n) is 21.5. The topological polar surface area (TPSA) is 47.9 Å². The van der Waals surface area contributed by atoms with Gasteiger partial charge in [0, 0.05) is 19.4 Å². The van der Waals surface area contributed by atoms with Crippen LogP contribution in [0, 0.1) is 5.92 Å². The van der Waals surface area contributed by atoms with E-state index in [1.54, 1.807) is 0 Å². The molecule has 1 spiro atoms. The summed E-state index contributed by atoms with van der Waals surface area (Å²) in [6, 6.07) is 21.6. The Labute approximate surface area is 206 Å². The van der Waals surface area contributed by atoms with Gasteiger partial charge >= 0.3 is 0 Å². The Hall–Kier alpha value is -1.50. The van der Waals surface area contributed by atoms with Crippen LogP contribution >= 0.6 is 0 Å². The monoisotopic (exact) mass is 482 g/mol. The number of hydrogen-bond donors (Lipinski definition) is 1. The van der Waals surface area contributed by atoms with Gasteiger partial charge in [-0.25, -0.2) is 0 Å². The Morgan fingerprint density at radius 2 is 1.56 bits per heavy atom. The van der Waals surface area contributed by atoms with E-state index in [-0.39, 0.29) is 30.0 Å². The zero-order valence-corrected chi connectivity index (χ0v) is 22.5. The second kappa shape index (κ2) is 10.2. The highest BCUT2D eigenvalue weighted by Gasteiger charge is 2.54. The SMILES string of the molecule is C[C@H]1CC[C@]2(C[C@H](O[Si](c3ccccc3)(c3ccccc3)C(C)(C)C)C[C@@H](CCO)O2)O[C@@H]1C. The molecule has 2 fully saturated rings. The highest BCUT2D eigenvalue weighted by molar-refractivity contribution is 6.99. The fourth-order valence-electron chi connectivity index (χ4n) is 5.91. The minimum Gasteiger partial charge on any atom is -0.404 e. The normalized spacial score (nSPS) is 30.4. The summed E-state index contributed by atoms with van der Waals surface area (Å²) in [6.45, 7) is 11.5. The molecule has 4 nitrogen and oxygen atoms in total. The van der Waals surface area contributed by atoms with Gasteiger partial charge in [-0.05, 0) is 47.5 Å². The molecule has 2 aromatic rings. The lowest BCUT2D eigenvalue weighted by molar-refractivity contribution is -0.332. The highest BCUT2D eigenvalue weighted by atomic mass is 28.4. The smallest absolute Gasteiger partial charge is 0.261 e. The second-order valence-corrected chi connectivity index (χ2v) is 15.6. The number of aliphatic hydroxyl groups excluding tert-OH is 1. The van der Waals surface area contributed by atoms with E-state index in [2.05, 4.69) is 95.3 Å². The van der Waals surface area contributed by atoms with Crippen LogP contribution in [0.2, 0.25) is 5.04 Å². The molecule has 5 heteroatoms. The first-order chi connectivity index (χ1) is 16.2. The summed E-state index contributed by atoms with van der Waals surface area (Å²) in [6.07, 6.45) is 4.15. The van der Waals surface area contributed by atoms with E-state index < -0.39 is 14.1 Å². The number of rotatable bonds is 6. The van der Waals surface area contributed by atoms with Gasteiger partial charge in [0.15, 0.2) is 5.79 Å². The lowest BCUT2D eigenvalue weighted by atomic mass is 9.86. The summed E-state index contributed by atoms with van der Waals surface area (Å²) >= 11 is 0. The summed E-state index contributed by atoms with van der Waals surface area (Å²) in [7, 11) is -2.67. The standard InChI is InChI=1S/C29H42O4Si/c1-22-16-18-29(31-23(22)2)21-25(20-24(32-29)17-19-30)33-34(28(3,4)5,26-12-8-6-9-13-26)27-14-10-7-11-15-27/h6-15,22-25,30H,16-21H2,1-5H3/t22-,23+,24+,25+,29-/m0/s1. The molecule has 186 valence electrons. The van der Waals surface area contributed by atoms with Gasteiger partial charge in [-0.1, -0.05) is 88.4 Å². The van der Waals surface area contributed by atoms with Crippen LogP contribution in [0.1, 0.15) is 66.7 Å². The van der Waals surface area contributed by atoms with E-state index in [0.717, 1.165) is 25.7 Å². The van der Waals surface area contributed by atoms with Crippen LogP contribution in [0.25, 0.3) is 0 Å². The Bertz CT molecular complexity index is 873. The van der Waals surface area contributed by atoms with Crippen molar-refractivity contribution in [3.8, 4) is 0 Å². The predicted molar refractivity (Wildman–Crippen MR) is 140 cm³/mol. The van der Waals surface area contributed by atoms with Gasteiger partial charge < -0.3 is 19.0 Å². The Kier molecular flexibility index (Phi) is 7.70. The third-order valence-corrected chi connectivity index (χ3v) is 12.9. The molecular formula is C29H42O4Si. The number of benzene rings is 2. The molecular weight excluding hydrogens is 440 g/mol. The summed E-state index contributed by atoms with van der Waals surface area (Å²) in [5.74, 6) is -0.108. The van der Waals surface area contributed by atoms with Crippen molar-refractivity contribution in [2.24, 2.45) is 5.92 Å². The molecule has 0 amide bonds. The number of hydrogen-bond acceptors (Lipinski definition) is 4. The van der Waals surface area contributed by atoms with E-state index in [4.69, 9.17) is 13.9 Å². The zero-order chi connectivity index (χ0) is 24.4. The first-order valence-electron chi connectivity index (χ1n) is 12.9. The van der Waals surface area contributed by atoms with Crippen LogP contribution < -0.4 is 10.4 Å². The third-order valence-electron chi connectivity index (χ3n) is 7.84. The minimum absolute atomic E-state index is 0.00258.